The summed E-state index contributed by atoms with van der Waals surface area (Å²) in [6.07, 6.45) is 8.96. The number of ketones is 1. The quantitative estimate of drug-likeness (QED) is 0.574. The molecule has 0 unspecified atom stereocenters. The smallest absolute Gasteiger partial charge is 0.232 e. The Hall–Kier alpha value is -3.67. The first kappa shape index (κ1) is 16.8. The highest BCUT2D eigenvalue weighted by atomic mass is 16.3. The summed E-state index contributed by atoms with van der Waals surface area (Å²) in [6.45, 7) is 1.86. The molecule has 3 aromatic rings. The third kappa shape index (κ3) is 3.01. The van der Waals surface area contributed by atoms with Gasteiger partial charge in [-0.3, -0.25) is 10.2 Å². The van der Waals surface area contributed by atoms with E-state index in [4.69, 9.17) is 9.83 Å². The Morgan fingerprint density at radius 3 is 2.74 bits per heavy atom. The molecule has 0 fully saturated rings. The van der Waals surface area contributed by atoms with Crippen LogP contribution in [0.2, 0.25) is 0 Å². The largest absolute Gasteiger partial charge is 0.420 e. The number of fused-ring (bicyclic) bond motifs is 1. The Bertz CT molecular complexity index is 1180. The number of likely N-dealkylation sites (N-methyl/N-ethyl adjacent to an activating group) is 1. The van der Waals surface area contributed by atoms with E-state index in [9.17, 15) is 4.79 Å². The van der Waals surface area contributed by atoms with E-state index in [1.54, 1.807) is 10.7 Å². The number of aryl methyl sites for hydroxylation is 1. The van der Waals surface area contributed by atoms with Gasteiger partial charge in [0.1, 0.15) is 0 Å². The molecule has 1 aromatic carbocycles. The van der Waals surface area contributed by atoms with E-state index >= 15 is 0 Å². The molecule has 0 bridgehead atoms. The molecule has 0 amide bonds. The highest BCUT2D eigenvalue weighted by molar-refractivity contribution is 6.06. The molecule has 3 heterocycles. The predicted molar refractivity (Wildman–Crippen MR) is 102 cm³/mol. The molecule has 134 valence electrons. The normalized spacial score (nSPS) is 15.0. The minimum atomic E-state index is -0.278. The molecule has 6 heteroatoms. The van der Waals surface area contributed by atoms with Crippen molar-refractivity contribution in [3.8, 4) is 5.69 Å². The van der Waals surface area contributed by atoms with Crippen molar-refractivity contribution >= 4 is 16.9 Å². The van der Waals surface area contributed by atoms with Crippen molar-refractivity contribution in [2.75, 3.05) is 7.05 Å². The maximum Gasteiger partial charge on any atom is 0.232 e. The Morgan fingerprint density at radius 2 is 2.00 bits per heavy atom. The van der Waals surface area contributed by atoms with Crippen LogP contribution in [0.15, 0.2) is 77.0 Å². The molecule has 6 nitrogen and oxygen atoms in total. The number of carbonyl (C=O) groups excluding carboxylic acids is 1. The van der Waals surface area contributed by atoms with Crippen molar-refractivity contribution in [3.63, 3.8) is 0 Å². The number of hydrogen-bond donors (Lipinski definition) is 1. The Morgan fingerprint density at radius 1 is 1.22 bits per heavy atom. The summed E-state index contributed by atoms with van der Waals surface area (Å²) in [7, 11) is 1.86. The highest BCUT2D eigenvalue weighted by Gasteiger charge is 2.17. The zero-order chi connectivity index (χ0) is 19.0. The monoisotopic (exact) mass is 358 g/mol. The molecule has 0 spiro atoms. The second-order valence-corrected chi connectivity index (χ2v) is 6.29. The zero-order valence-corrected chi connectivity index (χ0v) is 15.0. The van der Waals surface area contributed by atoms with Crippen molar-refractivity contribution in [1.82, 2.24) is 14.7 Å². The number of nitrogens with one attached hydrogen (secondary N) is 1. The minimum Gasteiger partial charge on any atom is -0.420 e. The van der Waals surface area contributed by atoms with E-state index in [2.05, 4.69) is 5.10 Å². The number of nitrogens with zero attached hydrogens (tertiary/aromatic N) is 3. The maximum absolute atomic E-state index is 12.7. The van der Waals surface area contributed by atoms with Crippen molar-refractivity contribution in [2.24, 2.45) is 0 Å². The van der Waals surface area contributed by atoms with Gasteiger partial charge in [0.15, 0.2) is 5.78 Å². The van der Waals surface area contributed by atoms with Crippen molar-refractivity contribution in [2.45, 2.75) is 6.92 Å². The van der Waals surface area contributed by atoms with Gasteiger partial charge in [-0.1, -0.05) is 24.3 Å². The van der Waals surface area contributed by atoms with Crippen LogP contribution >= 0.6 is 0 Å². The Balaban J connectivity index is 1.81. The van der Waals surface area contributed by atoms with Gasteiger partial charge in [-0.2, -0.15) is 9.78 Å². The van der Waals surface area contributed by atoms with Gasteiger partial charge in [0, 0.05) is 25.0 Å². The predicted octanol–water partition coefficient (Wildman–Crippen LogP) is 3.49. The lowest BCUT2D eigenvalue weighted by molar-refractivity contribution is 0.104. The first-order valence-electron chi connectivity index (χ1n) is 8.52. The molecule has 4 rings (SSSR count). The zero-order valence-electron chi connectivity index (χ0n) is 15.0. The van der Waals surface area contributed by atoms with Crippen molar-refractivity contribution in [1.29, 1.82) is 5.41 Å². The Labute approximate surface area is 155 Å². The molecular formula is C21H18N4O2. The summed E-state index contributed by atoms with van der Waals surface area (Å²) >= 11 is 0. The molecule has 0 aliphatic carbocycles. The van der Waals surface area contributed by atoms with E-state index in [1.165, 1.54) is 6.08 Å². The van der Waals surface area contributed by atoms with E-state index in [-0.39, 0.29) is 16.9 Å². The lowest BCUT2D eigenvalue weighted by Crippen LogP contribution is -2.16. The van der Waals surface area contributed by atoms with Gasteiger partial charge >= 0.3 is 0 Å². The molecule has 1 N–H and O–H groups in total. The molecule has 0 saturated heterocycles. The van der Waals surface area contributed by atoms with Gasteiger partial charge in [-0.05, 0) is 37.3 Å². The molecule has 1 aliphatic rings. The maximum atomic E-state index is 12.7. The number of allylic oxidation sites excluding steroid dienone is 4. The summed E-state index contributed by atoms with van der Waals surface area (Å²) in [4.78, 5) is 14.6. The second kappa shape index (κ2) is 6.57. The Kier molecular flexibility index (Phi) is 4.08. The van der Waals surface area contributed by atoms with Gasteiger partial charge < -0.3 is 9.32 Å². The third-order valence-electron chi connectivity index (χ3n) is 4.43. The minimum absolute atomic E-state index is 0.181. The first-order valence-corrected chi connectivity index (χ1v) is 8.52. The van der Waals surface area contributed by atoms with E-state index < -0.39 is 0 Å². The van der Waals surface area contributed by atoms with Crippen LogP contribution in [-0.4, -0.2) is 27.5 Å². The SMILES string of the molecule is Cc1nn(-c2ccccc2)c2oc(=N)c(C(=O)/C=C3\C=CC=CN3C)cc12. The van der Waals surface area contributed by atoms with Crippen LogP contribution in [0.25, 0.3) is 16.8 Å². The van der Waals surface area contributed by atoms with Crippen LogP contribution in [0, 0.1) is 12.3 Å². The van der Waals surface area contributed by atoms with Gasteiger partial charge in [0.05, 0.1) is 22.3 Å². The number of rotatable bonds is 3. The molecule has 2 aromatic heterocycles. The van der Waals surface area contributed by atoms with Gasteiger partial charge in [-0.25, -0.2) is 0 Å². The standard InChI is InChI=1S/C21H18N4O2/c1-14-17-13-18(19(26)12-16-10-6-7-11-24(16)2)20(22)27-21(17)25(23-14)15-8-4-3-5-9-15/h3-13,22H,1-2H3/b16-12+,22-20?. The summed E-state index contributed by atoms with van der Waals surface area (Å²) in [6, 6.07) is 11.2. The number of aromatic nitrogens is 2. The lowest BCUT2D eigenvalue weighted by Gasteiger charge is -2.17. The number of carbonyl (C=O) groups is 1. The first-order chi connectivity index (χ1) is 13.0. The summed E-state index contributed by atoms with van der Waals surface area (Å²) < 4.78 is 7.36. The molecule has 0 saturated carbocycles. The summed E-state index contributed by atoms with van der Waals surface area (Å²) in [5.41, 5.74) is 2.79. The molecule has 0 radical (unpaired) electrons. The van der Waals surface area contributed by atoms with Crippen molar-refractivity contribution < 1.29 is 9.21 Å². The van der Waals surface area contributed by atoms with Gasteiger partial charge in [-0.15, -0.1) is 0 Å². The van der Waals surface area contributed by atoms with Crippen LogP contribution in [0.5, 0.6) is 0 Å². The molecule has 1 aliphatic heterocycles. The van der Waals surface area contributed by atoms with E-state index in [0.717, 1.165) is 17.1 Å². The number of hydrogen-bond acceptors (Lipinski definition) is 5. The van der Waals surface area contributed by atoms with Crippen LogP contribution < -0.4 is 5.55 Å². The fraction of sp³-hybridized carbons (Fsp3) is 0.0952. The lowest BCUT2D eigenvalue weighted by atomic mass is 10.1. The van der Waals surface area contributed by atoms with Crippen molar-refractivity contribution in [3.05, 3.63) is 89.4 Å². The number of para-hydroxylation sites is 1. The highest BCUT2D eigenvalue weighted by Crippen LogP contribution is 2.22. The van der Waals surface area contributed by atoms with Crippen LogP contribution in [0.4, 0.5) is 0 Å². The van der Waals surface area contributed by atoms with E-state index in [1.807, 2.05) is 73.6 Å². The average molecular weight is 358 g/mol. The van der Waals surface area contributed by atoms with Crippen LogP contribution in [-0.2, 0) is 0 Å². The van der Waals surface area contributed by atoms with Gasteiger partial charge in [0.2, 0.25) is 11.3 Å². The van der Waals surface area contributed by atoms with E-state index in [0.29, 0.717) is 11.1 Å². The summed E-state index contributed by atoms with van der Waals surface area (Å²) in [5.74, 6) is -0.278. The molecule has 0 atom stereocenters. The average Bonchev–Trinajstić information content (AvgIpc) is 2.99. The summed E-state index contributed by atoms with van der Waals surface area (Å²) in [5, 5.41) is 13.4. The number of benzene rings is 1. The second-order valence-electron chi connectivity index (χ2n) is 6.29. The fourth-order valence-corrected chi connectivity index (χ4v) is 2.97. The molecule has 27 heavy (non-hydrogen) atoms. The van der Waals surface area contributed by atoms with Crippen LogP contribution in [0.1, 0.15) is 16.1 Å². The van der Waals surface area contributed by atoms with Gasteiger partial charge in [0.25, 0.3) is 0 Å². The topological polar surface area (TPSA) is 75.1 Å². The molecular weight excluding hydrogens is 340 g/mol. The third-order valence-corrected chi connectivity index (χ3v) is 4.43. The van der Waals surface area contributed by atoms with Crippen LogP contribution in [0.3, 0.4) is 0 Å². The fourth-order valence-electron chi connectivity index (χ4n) is 2.97.